The van der Waals surface area contributed by atoms with E-state index in [2.05, 4.69) is 22.4 Å². The first-order valence-corrected chi connectivity index (χ1v) is 8.19. The molecule has 0 spiro atoms. The Morgan fingerprint density at radius 3 is 3.05 bits per heavy atom. The number of anilines is 1. The zero-order valence-electron chi connectivity index (χ0n) is 12.4. The molecule has 116 valence electrons. The van der Waals surface area contributed by atoms with Gasteiger partial charge < -0.3 is 10.1 Å². The van der Waals surface area contributed by atoms with Crippen molar-refractivity contribution in [3.63, 3.8) is 0 Å². The molecule has 7 heteroatoms. The lowest BCUT2D eigenvalue weighted by atomic mass is 9.89. The topological polar surface area (TPSA) is 81.2 Å². The van der Waals surface area contributed by atoms with Crippen molar-refractivity contribution in [1.29, 1.82) is 0 Å². The molecule has 1 N–H and O–H groups in total. The average Bonchev–Trinajstić information content (AvgIpc) is 3.06. The Morgan fingerprint density at radius 2 is 2.38 bits per heavy atom. The highest BCUT2D eigenvalue weighted by atomic mass is 32.1. The Labute approximate surface area is 128 Å². The number of Topliss-reactive ketones (excluding diaryl/α,β-unsaturated/α-hetero) is 1. The maximum absolute atomic E-state index is 12.3. The molecular weight excluding hydrogens is 290 g/mol. The van der Waals surface area contributed by atoms with Crippen LogP contribution in [0.2, 0.25) is 0 Å². The number of rotatable bonds is 8. The number of hydrogen-bond donors (Lipinski definition) is 1. The molecule has 1 aliphatic heterocycles. The van der Waals surface area contributed by atoms with Gasteiger partial charge in [0.25, 0.3) is 0 Å². The second kappa shape index (κ2) is 6.98. The number of ketones is 1. The number of cyclic esters (lactones) is 1. The highest BCUT2D eigenvalue weighted by molar-refractivity contribution is 7.13. The van der Waals surface area contributed by atoms with Gasteiger partial charge in [0.05, 0.1) is 12.5 Å². The van der Waals surface area contributed by atoms with Crippen LogP contribution in [0.25, 0.3) is 0 Å². The molecular formula is C14H21N3O3S. The predicted molar refractivity (Wildman–Crippen MR) is 80.2 cm³/mol. The predicted octanol–water partition coefficient (Wildman–Crippen LogP) is 2.42. The van der Waals surface area contributed by atoms with Gasteiger partial charge in [-0.3, -0.25) is 9.59 Å². The van der Waals surface area contributed by atoms with Crippen molar-refractivity contribution in [3.05, 3.63) is 5.51 Å². The van der Waals surface area contributed by atoms with Crippen LogP contribution in [0.15, 0.2) is 5.51 Å². The minimum atomic E-state index is -1.01. The Hall–Kier alpha value is -1.50. The quantitative estimate of drug-likeness (QED) is 0.586. The van der Waals surface area contributed by atoms with E-state index in [-0.39, 0.29) is 24.2 Å². The highest BCUT2D eigenvalue weighted by Crippen LogP contribution is 2.34. The Bertz CT molecular complexity index is 492. The lowest BCUT2D eigenvalue weighted by Gasteiger charge is -2.20. The fourth-order valence-electron chi connectivity index (χ4n) is 2.52. The number of nitrogens with one attached hydrogen (secondary N) is 1. The summed E-state index contributed by atoms with van der Waals surface area (Å²) in [6.45, 7) is 3.93. The van der Waals surface area contributed by atoms with Gasteiger partial charge in [-0.1, -0.05) is 37.5 Å². The van der Waals surface area contributed by atoms with Crippen LogP contribution < -0.4 is 5.32 Å². The van der Waals surface area contributed by atoms with Crippen LogP contribution in [0, 0.1) is 5.92 Å². The van der Waals surface area contributed by atoms with Crippen LogP contribution in [0.3, 0.4) is 0 Å². The monoisotopic (exact) mass is 311 g/mol. The molecule has 2 heterocycles. The number of aromatic nitrogens is 2. The van der Waals surface area contributed by atoms with Gasteiger partial charge in [0.1, 0.15) is 5.51 Å². The van der Waals surface area contributed by atoms with E-state index in [0.717, 1.165) is 25.7 Å². The fourth-order valence-corrected chi connectivity index (χ4v) is 2.97. The average molecular weight is 311 g/mol. The van der Waals surface area contributed by atoms with Crippen molar-refractivity contribution in [2.75, 3.05) is 11.9 Å². The highest BCUT2D eigenvalue weighted by Gasteiger charge is 2.47. The van der Waals surface area contributed by atoms with Crippen LogP contribution in [0.4, 0.5) is 5.13 Å². The van der Waals surface area contributed by atoms with E-state index < -0.39 is 5.60 Å². The molecule has 0 saturated carbocycles. The summed E-state index contributed by atoms with van der Waals surface area (Å²) in [5.41, 5.74) is 0.583. The van der Waals surface area contributed by atoms with Crippen LogP contribution in [0.1, 0.15) is 46.0 Å². The van der Waals surface area contributed by atoms with E-state index in [1.165, 1.54) is 11.3 Å². The van der Waals surface area contributed by atoms with Gasteiger partial charge in [0.2, 0.25) is 5.13 Å². The van der Waals surface area contributed by atoms with Crippen LogP contribution in [-0.2, 0) is 14.3 Å². The number of unbranched alkanes of at least 4 members (excludes halogenated alkanes) is 2. The van der Waals surface area contributed by atoms with Crippen LogP contribution >= 0.6 is 11.3 Å². The molecule has 0 aromatic carbocycles. The van der Waals surface area contributed by atoms with Gasteiger partial charge in [0, 0.05) is 6.42 Å². The number of carbonyl (C=O) groups is 2. The van der Waals surface area contributed by atoms with Crippen molar-refractivity contribution in [2.45, 2.75) is 51.6 Å². The minimum absolute atomic E-state index is 0.0979. The summed E-state index contributed by atoms with van der Waals surface area (Å²) >= 11 is 1.33. The molecule has 21 heavy (non-hydrogen) atoms. The van der Waals surface area contributed by atoms with Crippen molar-refractivity contribution >= 4 is 28.2 Å². The third-order valence-electron chi connectivity index (χ3n) is 3.80. The fraction of sp³-hybridized carbons (Fsp3) is 0.714. The summed E-state index contributed by atoms with van der Waals surface area (Å²) in [5, 5.41) is 11.0. The summed E-state index contributed by atoms with van der Waals surface area (Å²) in [4.78, 5) is 24.2. The second-order valence-electron chi connectivity index (χ2n) is 5.57. The third kappa shape index (κ3) is 4.00. The molecule has 1 aromatic heterocycles. The molecule has 2 atom stereocenters. The lowest BCUT2D eigenvalue weighted by molar-refractivity contribution is -0.156. The number of hydrogen-bond acceptors (Lipinski definition) is 7. The second-order valence-corrected chi connectivity index (χ2v) is 6.40. The van der Waals surface area contributed by atoms with E-state index in [9.17, 15) is 9.59 Å². The van der Waals surface area contributed by atoms with Crippen molar-refractivity contribution < 1.29 is 14.3 Å². The molecule has 1 aliphatic rings. The summed E-state index contributed by atoms with van der Waals surface area (Å²) in [6, 6.07) is 0. The van der Waals surface area contributed by atoms with Gasteiger partial charge in [-0.15, -0.1) is 10.2 Å². The van der Waals surface area contributed by atoms with E-state index >= 15 is 0 Å². The van der Waals surface area contributed by atoms with E-state index in [1.807, 2.05) is 0 Å². The zero-order valence-corrected chi connectivity index (χ0v) is 13.2. The summed E-state index contributed by atoms with van der Waals surface area (Å²) in [7, 11) is 0. The summed E-state index contributed by atoms with van der Waals surface area (Å²) < 4.78 is 5.36. The molecule has 0 radical (unpaired) electrons. The standard InChI is InChI=1S/C14H21N3O3S/c1-3-4-5-6-10-7-14(2,20-12(10)19)11(18)8-15-13-17-16-9-21-13/h9-10H,3-8H2,1-2H3,(H,15,17)/t10-,14+/m1/s1. The molecule has 0 unspecified atom stereocenters. The molecule has 2 rings (SSSR count). The normalized spacial score (nSPS) is 24.9. The van der Waals surface area contributed by atoms with Gasteiger partial charge in [0.15, 0.2) is 11.4 Å². The zero-order chi connectivity index (χ0) is 15.3. The molecule has 1 fully saturated rings. The maximum atomic E-state index is 12.3. The number of esters is 1. The molecule has 1 aromatic rings. The molecule has 0 aliphatic carbocycles. The molecule has 1 saturated heterocycles. The van der Waals surface area contributed by atoms with Gasteiger partial charge in [-0.25, -0.2) is 0 Å². The minimum Gasteiger partial charge on any atom is -0.451 e. The van der Waals surface area contributed by atoms with Gasteiger partial charge >= 0.3 is 5.97 Å². The third-order valence-corrected chi connectivity index (χ3v) is 4.45. The van der Waals surface area contributed by atoms with E-state index in [0.29, 0.717) is 11.6 Å². The van der Waals surface area contributed by atoms with E-state index in [1.54, 1.807) is 12.4 Å². The smallest absolute Gasteiger partial charge is 0.310 e. The maximum Gasteiger partial charge on any atom is 0.310 e. The summed E-state index contributed by atoms with van der Waals surface area (Å²) in [5.74, 6) is -0.506. The first-order chi connectivity index (χ1) is 10.0. The van der Waals surface area contributed by atoms with Gasteiger partial charge in [-0.2, -0.15) is 0 Å². The number of nitrogens with zero attached hydrogens (tertiary/aromatic N) is 2. The number of carbonyl (C=O) groups excluding carboxylic acids is 2. The van der Waals surface area contributed by atoms with Crippen LogP contribution in [0.5, 0.6) is 0 Å². The molecule has 6 nitrogen and oxygen atoms in total. The number of ether oxygens (including phenoxy) is 1. The molecule has 0 amide bonds. The van der Waals surface area contributed by atoms with Crippen molar-refractivity contribution in [3.8, 4) is 0 Å². The van der Waals surface area contributed by atoms with Crippen molar-refractivity contribution in [1.82, 2.24) is 10.2 Å². The lowest BCUT2D eigenvalue weighted by Crippen LogP contribution is -2.39. The molecule has 0 bridgehead atoms. The first-order valence-electron chi connectivity index (χ1n) is 7.31. The van der Waals surface area contributed by atoms with Crippen molar-refractivity contribution in [2.24, 2.45) is 5.92 Å². The van der Waals surface area contributed by atoms with Gasteiger partial charge in [-0.05, 0) is 13.3 Å². The van der Waals surface area contributed by atoms with Crippen LogP contribution in [-0.4, -0.2) is 34.1 Å². The Kier molecular flexibility index (Phi) is 5.27. The van der Waals surface area contributed by atoms with E-state index in [4.69, 9.17) is 4.74 Å². The first kappa shape index (κ1) is 15.9. The summed E-state index contributed by atoms with van der Waals surface area (Å²) in [6.07, 6.45) is 4.51. The Morgan fingerprint density at radius 1 is 1.57 bits per heavy atom. The SMILES string of the molecule is CCCCC[C@@H]1C[C@@](C)(C(=O)CNc2nncs2)OC1=O. The Balaban J connectivity index is 1.86. The largest absolute Gasteiger partial charge is 0.451 e.